The molecule has 1 aromatic carbocycles. The van der Waals surface area contributed by atoms with Crippen molar-refractivity contribution in [1.82, 2.24) is 4.98 Å². The van der Waals surface area contributed by atoms with Gasteiger partial charge in [-0.15, -0.1) is 0 Å². The van der Waals surface area contributed by atoms with Crippen LogP contribution in [0.25, 0.3) is 0 Å². The highest BCUT2D eigenvalue weighted by molar-refractivity contribution is 6.03. The predicted molar refractivity (Wildman–Crippen MR) is 96.5 cm³/mol. The highest BCUT2D eigenvalue weighted by Gasteiger charge is 2.21. The van der Waals surface area contributed by atoms with Gasteiger partial charge in [0.2, 0.25) is 0 Å². The van der Waals surface area contributed by atoms with E-state index in [4.69, 9.17) is 5.11 Å². The van der Waals surface area contributed by atoms with Crippen molar-refractivity contribution >= 4 is 23.4 Å². The van der Waals surface area contributed by atoms with Crippen LogP contribution in [-0.4, -0.2) is 35.1 Å². The molecule has 0 atom stereocenters. The maximum absolute atomic E-state index is 12.6. The number of benzene rings is 1. The number of nitrogens with one attached hydrogen (secondary N) is 1. The topological polar surface area (TPSA) is 82.5 Å². The van der Waals surface area contributed by atoms with Gasteiger partial charge < -0.3 is 15.3 Å². The number of hydrogen-bond acceptors (Lipinski definition) is 4. The van der Waals surface area contributed by atoms with Crippen molar-refractivity contribution in [1.29, 1.82) is 0 Å². The zero-order valence-electron chi connectivity index (χ0n) is 14.4. The standard InChI is InChI=1S/C19H21N3O3/c1-3-22-10-4-5-15-12(2)11-16(21-17(15)22)18(23)20-14-8-6-13(7-9-14)19(24)25/h6-9,11H,3-5,10H2,1-2H3,(H,20,23)(H,24,25). The van der Waals surface area contributed by atoms with E-state index in [0.717, 1.165) is 37.3 Å². The van der Waals surface area contributed by atoms with E-state index < -0.39 is 5.97 Å². The third-order valence-corrected chi connectivity index (χ3v) is 4.48. The number of aromatic nitrogens is 1. The number of carbonyl (C=O) groups is 2. The Hall–Kier alpha value is -2.89. The summed E-state index contributed by atoms with van der Waals surface area (Å²) >= 11 is 0. The number of nitrogens with zero attached hydrogens (tertiary/aromatic N) is 2. The molecule has 1 aliphatic rings. The summed E-state index contributed by atoms with van der Waals surface area (Å²) in [6, 6.07) is 7.89. The number of aromatic carboxylic acids is 1. The average molecular weight is 339 g/mol. The Morgan fingerprint density at radius 1 is 1.28 bits per heavy atom. The molecule has 3 rings (SSSR count). The normalized spacial score (nSPS) is 13.3. The molecule has 0 fully saturated rings. The van der Waals surface area contributed by atoms with Crippen LogP contribution in [0, 0.1) is 6.92 Å². The summed E-state index contributed by atoms with van der Waals surface area (Å²) in [7, 11) is 0. The molecule has 6 nitrogen and oxygen atoms in total. The lowest BCUT2D eigenvalue weighted by Gasteiger charge is -2.30. The van der Waals surface area contributed by atoms with Crippen molar-refractivity contribution in [3.8, 4) is 0 Å². The van der Waals surface area contributed by atoms with Gasteiger partial charge in [-0.2, -0.15) is 0 Å². The average Bonchev–Trinajstić information content (AvgIpc) is 2.61. The molecule has 1 aliphatic heterocycles. The second kappa shape index (κ2) is 6.93. The molecule has 0 radical (unpaired) electrons. The van der Waals surface area contributed by atoms with Gasteiger partial charge in [-0.3, -0.25) is 4.79 Å². The van der Waals surface area contributed by atoms with E-state index in [2.05, 4.69) is 22.1 Å². The van der Waals surface area contributed by atoms with Crippen LogP contribution in [0.15, 0.2) is 30.3 Å². The fraction of sp³-hybridized carbons (Fsp3) is 0.316. The van der Waals surface area contributed by atoms with Crippen molar-refractivity contribution in [3.63, 3.8) is 0 Å². The quantitative estimate of drug-likeness (QED) is 0.894. The van der Waals surface area contributed by atoms with Crippen molar-refractivity contribution in [3.05, 3.63) is 52.7 Å². The largest absolute Gasteiger partial charge is 0.478 e. The van der Waals surface area contributed by atoms with Gasteiger partial charge in [0.15, 0.2) is 0 Å². The molecule has 130 valence electrons. The second-order valence-electron chi connectivity index (χ2n) is 6.15. The van der Waals surface area contributed by atoms with E-state index >= 15 is 0 Å². The number of pyridine rings is 1. The molecule has 0 saturated heterocycles. The van der Waals surface area contributed by atoms with E-state index in [1.54, 1.807) is 12.1 Å². The smallest absolute Gasteiger partial charge is 0.335 e. The minimum Gasteiger partial charge on any atom is -0.478 e. The zero-order valence-corrected chi connectivity index (χ0v) is 14.4. The number of amides is 1. The Kier molecular flexibility index (Phi) is 4.70. The van der Waals surface area contributed by atoms with Crippen molar-refractivity contribution < 1.29 is 14.7 Å². The monoisotopic (exact) mass is 339 g/mol. The maximum atomic E-state index is 12.6. The van der Waals surface area contributed by atoms with Gasteiger partial charge in [0.25, 0.3) is 5.91 Å². The molecule has 0 spiro atoms. The fourth-order valence-corrected chi connectivity index (χ4v) is 3.12. The molecule has 2 N–H and O–H groups in total. The maximum Gasteiger partial charge on any atom is 0.335 e. The zero-order chi connectivity index (χ0) is 18.0. The van der Waals surface area contributed by atoms with Crippen LogP contribution in [0.5, 0.6) is 0 Å². The SMILES string of the molecule is CCN1CCCc2c(C)cc(C(=O)Nc3ccc(C(=O)O)cc3)nc21. The summed E-state index contributed by atoms with van der Waals surface area (Å²) in [5.41, 5.74) is 3.39. The second-order valence-corrected chi connectivity index (χ2v) is 6.15. The van der Waals surface area contributed by atoms with Crippen molar-refractivity contribution in [2.45, 2.75) is 26.7 Å². The Morgan fingerprint density at radius 3 is 2.64 bits per heavy atom. The van der Waals surface area contributed by atoms with Gasteiger partial charge in [-0.25, -0.2) is 9.78 Å². The molecule has 1 amide bonds. The van der Waals surface area contributed by atoms with E-state index in [1.807, 2.05) is 13.0 Å². The van der Waals surface area contributed by atoms with E-state index in [0.29, 0.717) is 11.4 Å². The van der Waals surface area contributed by atoms with Crippen LogP contribution in [0.3, 0.4) is 0 Å². The molecule has 2 aromatic rings. The first-order valence-electron chi connectivity index (χ1n) is 8.39. The van der Waals surface area contributed by atoms with Crippen molar-refractivity contribution in [2.75, 3.05) is 23.3 Å². The number of carboxylic acids is 1. The summed E-state index contributed by atoms with van der Waals surface area (Å²) < 4.78 is 0. The molecule has 0 bridgehead atoms. The van der Waals surface area contributed by atoms with E-state index in [-0.39, 0.29) is 11.5 Å². The van der Waals surface area contributed by atoms with Gasteiger partial charge in [-0.05, 0) is 68.1 Å². The first-order valence-corrected chi connectivity index (χ1v) is 8.39. The fourth-order valence-electron chi connectivity index (χ4n) is 3.12. The van der Waals surface area contributed by atoms with E-state index in [9.17, 15) is 9.59 Å². The molecule has 25 heavy (non-hydrogen) atoms. The van der Waals surface area contributed by atoms with Gasteiger partial charge in [0.1, 0.15) is 11.5 Å². The minimum atomic E-state index is -0.996. The molecular formula is C19H21N3O3. The van der Waals surface area contributed by atoms with Gasteiger partial charge in [-0.1, -0.05) is 0 Å². The Bertz CT molecular complexity index is 815. The first kappa shape index (κ1) is 17.0. The molecular weight excluding hydrogens is 318 g/mol. The lowest BCUT2D eigenvalue weighted by atomic mass is 10.00. The van der Waals surface area contributed by atoms with Crippen LogP contribution in [-0.2, 0) is 6.42 Å². The van der Waals surface area contributed by atoms with Crippen LogP contribution in [0.4, 0.5) is 11.5 Å². The number of anilines is 2. The summed E-state index contributed by atoms with van der Waals surface area (Å²) in [4.78, 5) is 30.2. The van der Waals surface area contributed by atoms with Crippen LogP contribution in [0.1, 0.15) is 45.3 Å². The summed E-state index contributed by atoms with van der Waals surface area (Å²) in [5, 5.41) is 11.7. The Morgan fingerprint density at radius 2 is 2.00 bits per heavy atom. The lowest BCUT2D eigenvalue weighted by molar-refractivity contribution is 0.0696. The number of fused-ring (bicyclic) bond motifs is 1. The number of carboxylic acid groups (broad SMARTS) is 1. The van der Waals surface area contributed by atoms with Gasteiger partial charge in [0, 0.05) is 18.8 Å². The summed E-state index contributed by atoms with van der Waals surface area (Å²) in [6.45, 7) is 5.92. The number of aryl methyl sites for hydroxylation is 1. The number of carbonyl (C=O) groups excluding carboxylic acids is 1. The Balaban J connectivity index is 1.85. The van der Waals surface area contributed by atoms with Crippen LogP contribution in [0.2, 0.25) is 0 Å². The minimum absolute atomic E-state index is 0.180. The molecule has 2 heterocycles. The van der Waals surface area contributed by atoms with Crippen LogP contribution < -0.4 is 10.2 Å². The summed E-state index contributed by atoms with van der Waals surface area (Å²) in [5.74, 6) is -0.389. The number of hydrogen-bond donors (Lipinski definition) is 2. The lowest BCUT2D eigenvalue weighted by Crippen LogP contribution is -2.31. The molecule has 0 aliphatic carbocycles. The predicted octanol–water partition coefficient (Wildman–Crippen LogP) is 3.11. The van der Waals surface area contributed by atoms with Gasteiger partial charge >= 0.3 is 5.97 Å². The van der Waals surface area contributed by atoms with Crippen molar-refractivity contribution in [2.24, 2.45) is 0 Å². The summed E-state index contributed by atoms with van der Waals surface area (Å²) in [6.07, 6.45) is 2.09. The molecule has 0 saturated carbocycles. The first-order chi connectivity index (χ1) is 12.0. The van der Waals surface area contributed by atoms with Crippen LogP contribution >= 0.6 is 0 Å². The third kappa shape index (κ3) is 3.47. The highest BCUT2D eigenvalue weighted by atomic mass is 16.4. The number of rotatable bonds is 4. The van der Waals surface area contributed by atoms with Gasteiger partial charge in [0.05, 0.1) is 5.56 Å². The highest BCUT2D eigenvalue weighted by Crippen LogP contribution is 2.28. The molecule has 6 heteroatoms. The van der Waals surface area contributed by atoms with E-state index in [1.165, 1.54) is 17.7 Å². The molecule has 0 unspecified atom stereocenters. The molecule has 1 aromatic heterocycles. The third-order valence-electron chi connectivity index (χ3n) is 4.48. The Labute approximate surface area is 146 Å².